The molecule has 0 spiro atoms. The van der Waals surface area contributed by atoms with Gasteiger partial charge in [-0.3, -0.25) is 0 Å². The Bertz CT molecular complexity index is 407. The van der Waals surface area contributed by atoms with Gasteiger partial charge in [-0.05, 0) is 19.2 Å². The number of rotatable bonds is 0. The molecule has 0 radical (unpaired) electrons. The number of piperazine rings is 1. The quantitative estimate of drug-likeness (QED) is 0.637. The molecule has 0 amide bonds. The van der Waals surface area contributed by atoms with E-state index in [-0.39, 0.29) is 0 Å². The zero-order valence-corrected chi connectivity index (χ0v) is 9.48. The number of hydrogen-bond acceptors (Lipinski definition) is 4. The third kappa shape index (κ3) is 1.50. The van der Waals surface area contributed by atoms with E-state index in [1.54, 1.807) is 6.07 Å². The van der Waals surface area contributed by atoms with Crippen LogP contribution in [0.1, 0.15) is 0 Å². The van der Waals surface area contributed by atoms with Gasteiger partial charge in [0.05, 0.1) is 17.4 Å². The van der Waals surface area contributed by atoms with E-state index < -0.39 is 0 Å². The van der Waals surface area contributed by atoms with Crippen LogP contribution < -0.4 is 10.2 Å². The van der Waals surface area contributed by atoms with E-state index in [9.17, 15) is 5.11 Å². The van der Waals surface area contributed by atoms with Gasteiger partial charge in [0.15, 0.2) is 0 Å². The van der Waals surface area contributed by atoms with Crippen molar-refractivity contribution in [2.75, 3.05) is 43.4 Å². The summed E-state index contributed by atoms with van der Waals surface area (Å²) in [7, 11) is 2.16. The number of nitrogens with zero attached hydrogens (tertiary/aromatic N) is 2. The van der Waals surface area contributed by atoms with Gasteiger partial charge in [-0.2, -0.15) is 0 Å². The van der Waals surface area contributed by atoms with Crippen LogP contribution in [0.15, 0.2) is 18.2 Å². The zero-order valence-electron chi connectivity index (χ0n) is 9.48. The van der Waals surface area contributed by atoms with E-state index >= 15 is 0 Å². The number of phenolic OH excluding ortho intramolecular Hbond substituents is 1. The summed E-state index contributed by atoms with van der Waals surface area (Å²) in [6.45, 7) is 4.20. The number of hydrogen-bond donors (Lipinski definition) is 2. The smallest absolute Gasteiger partial charge is 0.117 e. The highest BCUT2D eigenvalue weighted by Gasteiger charge is 2.30. The summed E-state index contributed by atoms with van der Waals surface area (Å²) in [6.07, 6.45) is 0. The van der Waals surface area contributed by atoms with Crippen LogP contribution in [0.25, 0.3) is 0 Å². The molecule has 1 aromatic rings. The van der Waals surface area contributed by atoms with Gasteiger partial charge in [-0.1, -0.05) is 0 Å². The van der Waals surface area contributed by atoms with E-state index in [2.05, 4.69) is 22.2 Å². The Morgan fingerprint density at radius 3 is 3.12 bits per heavy atom. The molecule has 1 unspecified atom stereocenters. The lowest BCUT2D eigenvalue weighted by Gasteiger charge is -2.45. The number of phenols is 1. The molecule has 1 aromatic carbocycles. The third-order valence-electron chi connectivity index (χ3n) is 3.50. The molecule has 86 valence electrons. The fourth-order valence-corrected chi connectivity index (χ4v) is 2.64. The second-order valence-corrected chi connectivity index (χ2v) is 4.69. The van der Waals surface area contributed by atoms with E-state index in [0.717, 1.165) is 37.6 Å². The highest BCUT2D eigenvalue weighted by Crippen LogP contribution is 2.35. The molecule has 4 nitrogen and oxygen atoms in total. The third-order valence-corrected chi connectivity index (χ3v) is 3.50. The number of fused-ring (bicyclic) bond motifs is 3. The van der Waals surface area contributed by atoms with Crippen LogP contribution in [0.3, 0.4) is 0 Å². The first-order valence-electron chi connectivity index (χ1n) is 5.76. The van der Waals surface area contributed by atoms with Gasteiger partial charge in [0.25, 0.3) is 0 Å². The van der Waals surface area contributed by atoms with E-state index in [1.807, 2.05) is 12.1 Å². The van der Waals surface area contributed by atoms with E-state index in [0.29, 0.717) is 11.8 Å². The Hall–Kier alpha value is -1.42. The van der Waals surface area contributed by atoms with Crippen molar-refractivity contribution in [3.63, 3.8) is 0 Å². The average molecular weight is 219 g/mol. The molecule has 4 heteroatoms. The van der Waals surface area contributed by atoms with Crippen molar-refractivity contribution in [1.82, 2.24) is 4.90 Å². The molecule has 1 atom stereocenters. The minimum absolute atomic E-state index is 0.347. The van der Waals surface area contributed by atoms with Gasteiger partial charge in [-0.25, -0.2) is 0 Å². The van der Waals surface area contributed by atoms with Crippen molar-refractivity contribution in [2.24, 2.45) is 0 Å². The SMILES string of the molecule is CN1CCN2c3cc(O)ccc3NCC2C1. The van der Waals surface area contributed by atoms with Crippen LogP contribution in [0.5, 0.6) is 5.75 Å². The van der Waals surface area contributed by atoms with Gasteiger partial charge in [0.2, 0.25) is 0 Å². The fourth-order valence-electron chi connectivity index (χ4n) is 2.64. The maximum absolute atomic E-state index is 9.57. The first kappa shape index (κ1) is 9.78. The molecular formula is C12H17N3O. The highest BCUT2D eigenvalue weighted by molar-refractivity contribution is 5.74. The lowest BCUT2D eigenvalue weighted by molar-refractivity contribution is 0.270. The van der Waals surface area contributed by atoms with E-state index in [1.165, 1.54) is 0 Å². The number of likely N-dealkylation sites (N-methyl/N-ethyl adjacent to an activating group) is 1. The summed E-state index contributed by atoms with van der Waals surface area (Å²) in [4.78, 5) is 4.77. The zero-order chi connectivity index (χ0) is 11.1. The number of aromatic hydroxyl groups is 1. The summed E-state index contributed by atoms with van der Waals surface area (Å²) >= 11 is 0. The second kappa shape index (κ2) is 3.56. The molecule has 2 heterocycles. The lowest BCUT2D eigenvalue weighted by atomic mass is 10.1. The van der Waals surface area contributed by atoms with Crippen LogP contribution >= 0.6 is 0 Å². The van der Waals surface area contributed by atoms with Crippen molar-refractivity contribution in [1.29, 1.82) is 0 Å². The standard InChI is InChI=1S/C12H17N3O/c1-14-4-5-15-9(8-14)7-13-11-3-2-10(16)6-12(11)15/h2-3,6,9,13,16H,4-5,7-8H2,1H3. The van der Waals surface area contributed by atoms with Crippen LogP contribution in [-0.2, 0) is 0 Å². The second-order valence-electron chi connectivity index (χ2n) is 4.69. The van der Waals surface area contributed by atoms with E-state index in [4.69, 9.17) is 0 Å². The molecule has 2 aliphatic heterocycles. The number of nitrogens with one attached hydrogen (secondary N) is 1. The van der Waals surface area contributed by atoms with Crippen LogP contribution in [0.2, 0.25) is 0 Å². The summed E-state index contributed by atoms with van der Waals surface area (Å²) < 4.78 is 0. The highest BCUT2D eigenvalue weighted by atomic mass is 16.3. The Balaban J connectivity index is 1.96. The predicted octanol–water partition coefficient (Wildman–Crippen LogP) is 0.938. The van der Waals surface area contributed by atoms with Crippen molar-refractivity contribution in [3.8, 4) is 5.75 Å². The summed E-state index contributed by atoms with van der Waals surface area (Å²) in [6, 6.07) is 6.08. The molecule has 3 rings (SSSR count). The van der Waals surface area contributed by atoms with Crippen molar-refractivity contribution in [3.05, 3.63) is 18.2 Å². The molecule has 0 aliphatic carbocycles. The number of benzene rings is 1. The van der Waals surface area contributed by atoms with Gasteiger partial charge < -0.3 is 20.2 Å². The molecule has 16 heavy (non-hydrogen) atoms. The van der Waals surface area contributed by atoms with Crippen molar-refractivity contribution >= 4 is 11.4 Å². The van der Waals surface area contributed by atoms with Gasteiger partial charge in [0.1, 0.15) is 5.75 Å². The lowest BCUT2D eigenvalue weighted by Crippen LogP contribution is -2.56. The molecular weight excluding hydrogens is 202 g/mol. The Morgan fingerprint density at radius 2 is 2.25 bits per heavy atom. The number of anilines is 2. The minimum atomic E-state index is 0.347. The van der Waals surface area contributed by atoms with Crippen LogP contribution in [0, 0.1) is 0 Å². The summed E-state index contributed by atoms with van der Waals surface area (Å²) in [5, 5.41) is 13.0. The van der Waals surface area contributed by atoms with Crippen LogP contribution in [-0.4, -0.2) is 49.3 Å². The summed E-state index contributed by atoms with van der Waals surface area (Å²) in [5.74, 6) is 0.347. The topological polar surface area (TPSA) is 38.7 Å². The minimum Gasteiger partial charge on any atom is -0.508 e. The average Bonchev–Trinajstić information content (AvgIpc) is 2.28. The Kier molecular flexibility index (Phi) is 2.17. The normalized spacial score (nSPS) is 24.6. The monoisotopic (exact) mass is 219 g/mol. The summed E-state index contributed by atoms with van der Waals surface area (Å²) in [5.41, 5.74) is 2.28. The molecule has 0 aromatic heterocycles. The van der Waals surface area contributed by atoms with Crippen molar-refractivity contribution < 1.29 is 5.11 Å². The maximum atomic E-state index is 9.57. The van der Waals surface area contributed by atoms with Gasteiger partial charge >= 0.3 is 0 Å². The molecule has 2 aliphatic rings. The molecule has 0 saturated carbocycles. The maximum Gasteiger partial charge on any atom is 0.117 e. The first-order chi connectivity index (χ1) is 7.74. The Labute approximate surface area is 95.5 Å². The van der Waals surface area contributed by atoms with Gasteiger partial charge in [-0.15, -0.1) is 0 Å². The largest absolute Gasteiger partial charge is 0.508 e. The first-order valence-corrected chi connectivity index (χ1v) is 5.76. The Morgan fingerprint density at radius 1 is 1.38 bits per heavy atom. The van der Waals surface area contributed by atoms with Crippen molar-refractivity contribution in [2.45, 2.75) is 6.04 Å². The van der Waals surface area contributed by atoms with Crippen LogP contribution in [0.4, 0.5) is 11.4 Å². The molecule has 0 bridgehead atoms. The molecule has 2 N–H and O–H groups in total. The molecule has 1 fully saturated rings. The fraction of sp³-hybridized carbons (Fsp3) is 0.500. The van der Waals surface area contributed by atoms with Gasteiger partial charge in [0, 0.05) is 32.2 Å². The molecule has 1 saturated heterocycles. The predicted molar refractivity (Wildman–Crippen MR) is 65.2 cm³/mol.